The first-order valence-electron chi connectivity index (χ1n) is 7.23. The molecule has 3 rings (SSSR count). The van der Waals surface area contributed by atoms with E-state index < -0.39 is 0 Å². The number of nitrogens with one attached hydrogen (secondary N) is 1. The Balaban J connectivity index is 1.70. The summed E-state index contributed by atoms with van der Waals surface area (Å²) < 4.78 is 5.05. The van der Waals surface area contributed by atoms with E-state index in [1.807, 2.05) is 6.92 Å². The van der Waals surface area contributed by atoms with E-state index in [4.69, 9.17) is 4.52 Å². The predicted octanol–water partition coefficient (Wildman–Crippen LogP) is 2.91. The minimum absolute atomic E-state index is 0.106. The fourth-order valence-corrected chi connectivity index (χ4v) is 4.00. The van der Waals surface area contributed by atoms with Crippen molar-refractivity contribution >= 4 is 17.2 Å². The van der Waals surface area contributed by atoms with Crippen molar-refractivity contribution in [3.05, 3.63) is 32.6 Å². The molecule has 2 aromatic heterocycles. The highest BCUT2D eigenvalue weighted by molar-refractivity contribution is 7.11. The lowest BCUT2D eigenvalue weighted by molar-refractivity contribution is 0.0948. The zero-order chi connectivity index (χ0) is 15.0. The van der Waals surface area contributed by atoms with Crippen molar-refractivity contribution in [2.45, 2.75) is 46.0 Å². The summed E-state index contributed by atoms with van der Waals surface area (Å²) >= 11 is 1.78. The summed E-state index contributed by atoms with van der Waals surface area (Å²) in [7, 11) is 0. The number of nitrogens with zero attached hydrogens (tertiary/aromatic N) is 2. The van der Waals surface area contributed by atoms with Gasteiger partial charge in [0.1, 0.15) is 11.3 Å². The molecule has 0 saturated carbocycles. The molecule has 0 unspecified atom stereocenters. The summed E-state index contributed by atoms with van der Waals surface area (Å²) in [6.45, 7) is 6.22. The van der Waals surface area contributed by atoms with Crippen LogP contribution in [0.3, 0.4) is 0 Å². The predicted molar refractivity (Wildman–Crippen MR) is 80.8 cm³/mol. The molecule has 1 atom stereocenters. The maximum absolute atomic E-state index is 12.3. The molecule has 1 aliphatic rings. The number of hydrogen-bond acceptors (Lipinski definition) is 5. The van der Waals surface area contributed by atoms with Crippen molar-refractivity contribution in [2.75, 3.05) is 6.54 Å². The Kier molecular flexibility index (Phi) is 3.80. The van der Waals surface area contributed by atoms with Crippen LogP contribution in [0.5, 0.6) is 0 Å². The highest BCUT2D eigenvalue weighted by atomic mass is 32.1. The van der Waals surface area contributed by atoms with E-state index in [0.29, 0.717) is 29.5 Å². The first kappa shape index (κ1) is 14.3. The largest absolute Gasteiger partial charge is 0.361 e. The van der Waals surface area contributed by atoms with Crippen molar-refractivity contribution < 1.29 is 9.32 Å². The number of carbonyl (C=O) groups is 1. The van der Waals surface area contributed by atoms with Crippen LogP contribution in [0.15, 0.2) is 4.52 Å². The molecule has 0 aromatic carbocycles. The molecule has 2 aromatic rings. The number of aromatic nitrogens is 2. The summed E-state index contributed by atoms with van der Waals surface area (Å²) in [5.74, 6) is 0.785. The smallest absolute Gasteiger partial charge is 0.256 e. The molecule has 0 aliphatic heterocycles. The average molecular weight is 305 g/mol. The summed E-state index contributed by atoms with van der Waals surface area (Å²) in [6.07, 6.45) is 3.37. The van der Waals surface area contributed by atoms with Gasteiger partial charge in [-0.05, 0) is 40.0 Å². The topological polar surface area (TPSA) is 68.0 Å². The third kappa shape index (κ3) is 2.72. The van der Waals surface area contributed by atoms with Crippen molar-refractivity contribution in [3.63, 3.8) is 0 Å². The van der Waals surface area contributed by atoms with Crippen LogP contribution in [0.25, 0.3) is 0 Å². The fourth-order valence-electron chi connectivity index (χ4n) is 2.94. The third-order valence-corrected chi connectivity index (χ3v) is 4.99. The van der Waals surface area contributed by atoms with Crippen molar-refractivity contribution in [1.82, 2.24) is 15.5 Å². The van der Waals surface area contributed by atoms with Crippen molar-refractivity contribution in [2.24, 2.45) is 0 Å². The summed E-state index contributed by atoms with van der Waals surface area (Å²) in [5, 5.41) is 7.95. The zero-order valence-electron chi connectivity index (χ0n) is 12.5. The first-order valence-corrected chi connectivity index (χ1v) is 8.05. The zero-order valence-corrected chi connectivity index (χ0v) is 13.3. The molecule has 6 heteroatoms. The maximum atomic E-state index is 12.3. The summed E-state index contributed by atoms with van der Waals surface area (Å²) in [5.41, 5.74) is 2.38. The second kappa shape index (κ2) is 5.60. The van der Waals surface area contributed by atoms with Crippen LogP contribution in [0, 0.1) is 20.8 Å². The Morgan fingerprint density at radius 1 is 1.43 bits per heavy atom. The van der Waals surface area contributed by atoms with Gasteiger partial charge in [0.15, 0.2) is 0 Å². The number of fused-ring (bicyclic) bond motifs is 1. The molecular formula is C15H19N3O2S. The van der Waals surface area contributed by atoms with E-state index in [2.05, 4.69) is 15.5 Å². The average Bonchev–Trinajstić information content (AvgIpc) is 2.98. The highest BCUT2D eigenvalue weighted by Gasteiger charge is 2.25. The Morgan fingerprint density at radius 3 is 2.95 bits per heavy atom. The SMILES string of the molecule is Cc1nc2c(s1)CCC[C@@H]2CNC(=O)c1c(C)noc1C. The second-order valence-corrected chi connectivity index (χ2v) is 6.83. The van der Waals surface area contributed by atoms with Crippen molar-refractivity contribution in [1.29, 1.82) is 0 Å². The number of hydrogen-bond donors (Lipinski definition) is 1. The van der Waals surface area contributed by atoms with Gasteiger partial charge in [-0.15, -0.1) is 11.3 Å². The minimum atomic E-state index is -0.106. The molecule has 1 amide bonds. The Bertz CT molecular complexity index is 655. The van der Waals surface area contributed by atoms with Crippen LogP contribution in [-0.2, 0) is 6.42 Å². The number of amides is 1. The van der Waals surface area contributed by atoms with E-state index in [1.54, 1.807) is 25.2 Å². The summed E-state index contributed by atoms with van der Waals surface area (Å²) in [4.78, 5) is 18.3. The molecule has 5 nitrogen and oxygen atoms in total. The van der Waals surface area contributed by atoms with Crippen LogP contribution >= 0.6 is 11.3 Å². The molecular weight excluding hydrogens is 286 g/mol. The van der Waals surface area contributed by atoms with Gasteiger partial charge >= 0.3 is 0 Å². The molecule has 0 radical (unpaired) electrons. The third-order valence-electron chi connectivity index (χ3n) is 3.95. The van der Waals surface area contributed by atoms with Crippen LogP contribution in [0.4, 0.5) is 0 Å². The first-order chi connectivity index (χ1) is 10.1. The van der Waals surface area contributed by atoms with Gasteiger partial charge in [-0.1, -0.05) is 5.16 Å². The molecule has 0 fully saturated rings. The van der Waals surface area contributed by atoms with Crippen molar-refractivity contribution in [3.8, 4) is 0 Å². The number of thiazole rings is 1. The van der Waals surface area contributed by atoms with Gasteiger partial charge in [0.2, 0.25) is 0 Å². The Labute approximate surface area is 127 Å². The molecule has 0 saturated heterocycles. The lowest BCUT2D eigenvalue weighted by Crippen LogP contribution is -2.30. The van der Waals surface area contributed by atoms with Gasteiger partial charge in [-0.3, -0.25) is 4.79 Å². The lowest BCUT2D eigenvalue weighted by atomic mass is 9.91. The van der Waals surface area contributed by atoms with E-state index in [9.17, 15) is 4.79 Å². The Hall–Kier alpha value is -1.69. The van der Waals surface area contributed by atoms with Crippen LogP contribution in [0.2, 0.25) is 0 Å². The molecule has 0 spiro atoms. The van der Waals surface area contributed by atoms with Gasteiger partial charge in [0.05, 0.1) is 16.4 Å². The standard InChI is InChI=1S/C15H19N3O2S/c1-8-13(9(2)20-18-8)15(19)16-7-11-5-4-6-12-14(11)17-10(3)21-12/h11H,4-7H2,1-3H3,(H,16,19)/t11-/m1/s1. The van der Waals surface area contributed by atoms with Gasteiger partial charge < -0.3 is 9.84 Å². The van der Waals surface area contributed by atoms with Gasteiger partial charge in [-0.2, -0.15) is 0 Å². The number of aryl methyl sites for hydroxylation is 4. The second-order valence-electron chi connectivity index (χ2n) is 5.54. The number of carbonyl (C=O) groups excluding carboxylic acids is 1. The van der Waals surface area contributed by atoms with E-state index in [-0.39, 0.29) is 5.91 Å². The molecule has 112 valence electrons. The van der Waals surface area contributed by atoms with Gasteiger partial charge in [-0.25, -0.2) is 4.98 Å². The lowest BCUT2D eigenvalue weighted by Gasteiger charge is -2.21. The molecule has 1 N–H and O–H groups in total. The monoisotopic (exact) mass is 305 g/mol. The summed E-state index contributed by atoms with van der Waals surface area (Å²) in [6, 6.07) is 0. The molecule has 0 bridgehead atoms. The molecule has 1 aliphatic carbocycles. The molecule has 2 heterocycles. The quantitative estimate of drug-likeness (QED) is 0.946. The highest BCUT2D eigenvalue weighted by Crippen LogP contribution is 2.34. The Morgan fingerprint density at radius 2 is 2.24 bits per heavy atom. The normalized spacial score (nSPS) is 17.6. The van der Waals surface area contributed by atoms with E-state index in [0.717, 1.165) is 17.8 Å². The maximum Gasteiger partial charge on any atom is 0.256 e. The minimum Gasteiger partial charge on any atom is -0.361 e. The fraction of sp³-hybridized carbons (Fsp3) is 0.533. The molecule has 21 heavy (non-hydrogen) atoms. The van der Waals surface area contributed by atoms with Gasteiger partial charge in [0, 0.05) is 17.3 Å². The number of rotatable bonds is 3. The van der Waals surface area contributed by atoms with Crippen LogP contribution in [0.1, 0.15) is 56.2 Å². The van der Waals surface area contributed by atoms with E-state index >= 15 is 0 Å². The van der Waals surface area contributed by atoms with Crippen LogP contribution < -0.4 is 5.32 Å². The van der Waals surface area contributed by atoms with Crippen LogP contribution in [-0.4, -0.2) is 22.6 Å². The van der Waals surface area contributed by atoms with E-state index in [1.165, 1.54) is 17.0 Å². The van der Waals surface area contributed by atoms with Gasteiger partial charge in [0.25, 0.3) is 5.91 Å².